The first-order chi connectivity index (χ1) is 13.8. The van der Waals surface area contributed by atoms with E-state index in [1.807, 2.05) is 0 Å². The highest BCUT2D eigenvalue weighted by molar-refractivity contribution is 6.35. The zero-order valence-corrected chi connectivity index (χ0v) is 17.5. The summed E-state index contributed by atoms with van der Waals surface area (Å²) >= 11 is 11.9. The number of hydrogen-bond acceptors (Lipinski definition) is 3. The highest BCUT2D eigenvalue weighted by Crippen LogP contribution is 2.29. The molecular weight excluding hydrogens is 418 g/mol. The van der Waals surface area contributed by atoms with E-state index in [1.165, 1.54) is 12.1 Å². The van der Waals surface area contributed by atoms with Gasteiger partial charge in [0.1, 0.15) is 11.6 Å². The third-order valence-corrected chi connectivity index (χ3v) is 5.55. The predicted octanol–water partition coefficient (Wildman–Crippen LogP) is 5.29. The Labute approximate surface area is 179 Å². The lowest BCUT2D eigenvalue weighted by molar-refractivity contribution is 0.0788. The van der Waals surface area contributed by atoms with Crippen molar-refractivity contribution in [3.63, 3.8) is 0 Å². The average Bonchev–Trinajstić information content (AvgIpc) is 3.19. The average molecular weight is 441 g/mol. The first-order valence-corrected chi connectivity index (χ1v) is 10.2. The van der Waals surface area contributed by atoms with Gasteiger partial charge in [-0.1, -0.05) is 41.4 Å². The van der Waals surface area contributed by atoms with Crippen LogP contribution in [0.1, 0.15) is 36.9 Å². The van der Waals surface area contributed by atoms with Crippen molar-refractivity contribution in [1.82, 2.24) is 10.2 Å². The zero-order chi connectivity index (χ0) is 21.0. The van der Waals surface area contributed by atoms with Crippen LogP contribution in [-0.2, 0) is 11.3 Å². The number of carbonyl (C=O) groups excluding carboxylic acids is 1. The number of ether oxygens (including phenoxy) is 1. The molecule has 2 aromatic carbocycles. The first kappa shape index (κ1) is 21.7. The van der Waals surface area contributed by atoms with Crippen LogP contribution in [0.25, 0.3) is 0 Å². The van der Waals surface area contributed by atoms with E-state index in [0.29, 0.717) is 24.3 Å². The first-order valence-electron chi connectivity index (χ1n) is 9.43. The molecule has 0 aliphatic carbocycles. The Morgan fingerprint density at radius 3 is 2.79 bits per heavy atom. The highest BCUT2D eigenvalue weighted by Gasteiger charge is 2.25. The Kier molecular flexibility index (Phi) is 7.22. The molecule has 156 valence electrons. The van der Waals surface area contributed by atoms with Crippen LogP contribution in [0.4, 0.5) is 9.18 Å². The lowest BCUT2D eigenvalue weighted by atomic mass is 10.1. The number of aromatic hydroxyl groups is 1. The number of nitrogens with zero attached hydrogens (tertiary/aromatic N) is 1. The van der Waals surface area contributed by atoms with Gasteiger partial charge in [-0.05, 0) is 43.5 Å². The Balaban J connectivity index is 1.76. The SMILES string of the molecule is CC(NC(=O)N(Cc1ccccc1O)CC1CCCO1)c1cc(F)c(Cl)cc1Cl. The van der Waals surface area contributed by atoms with Crippen LogP contribution in [0.3, 0.4) is 0 Å². The van der Waals surface area contributed by atoms with Crippen molar-refractivity contribution in [3.8, 4) is 5.75 Å². The highest BCUT2D eigenvalue weighted by atomic mass is 35.5. The number of urea groups is 1. The van der Waals surface area contributed by atoms with Crippen molar-refractivity contribution in [2.45, 2.75) is 38.5 Å². The molecule has 1 saturated heterocycles. The molecule has 0 aromatic heterocycles. The molecule has 0 bridgehead atoms. The summed E-state index contributed by atoms with van der Waals surface area (Å²) < 4.78 is 19.5. The summed E-state index contributed by atoms with van der Waals surface area (Å²) in [6.45, 7) is 2.99. The summed E-state index contributed by atoms with van der Waals surface area (Å²) in [6.07, 6.45) is 1.76. The third-order valence-electron chi connectivity index (χ3n) is 4.93. The van der Waals surface area contributed by atoms with Gasteiger partial charge in [-0.15, -0.1) is 0 Å². The predicted molar refractivity (Wildman–Crippen MR) is 111 cm³/mol. The van der Waals surface area contributed by atoms with Crippen molar-refractivity contribution in [2.24, 2.45) is 0 Å². The van der Waals surface area contributed by atoms with Gasteiger partial charge in [0.2, 0.25) is 0 Å². The van der Waals surface area contributed by atoms with Crippen LogP contribution in [0, 0.1) is 5.82 Å². The van der Waals surface area contributed by atoms with Crippen LogP contribution in [0.15, 0.2) is 36.4 Å². The van der Waals surface area contributed by atoms with Gasteiger partial charge >= 0.3 is 6.03 Å². The summed E-state index contributed by atoms with van der Waals surface area (Å²) in [4.78, 5) is 14.6. The number of phenolic OH excluding ortho intramolecular Hbond substituents is 1. The quantitative estimate of drug-likeness (QED) is 0.599. The number of nitrogens with one attached hydrogen (secondary N) is 1. The van der Waals surface area contributed by atoms with Crippen LogP contribution in [0.5, 0.6) is 5.75 Å². The molecule has 0 saturated carbocycles. The van der Waals surface area contributed by atoms with Crippen molar-refractivity contribution in [1.29, 1.82) is 0 Å². The fraction of sp³-hybridized carbons (Fsp3) is 0.381. The maximum atomic E-state index is 13.9. The molecule has 1 aliphatic heterocycles. The molecule has 0 spiro atoms. The Morgan fingerprint density at radius 2 is 2.10 bits per heavy atom. The van der Waals surface area contributed by atoms with E-state index in [1.54, 1.807) is 36.1 Å². The molecule has 2 atom stereocenters. The molecule has 0 radical (unpaired) electrons. The van der Waals surface area contributed by atoms with Crippen molar-refractivity contribution >= 4 is 29.2 Å². The van der Waals surface area contributed by atoms with Gasteiger partial charge in [0.05, 0.1) is 23.7 Å². The van der Waals surface area contributed by atoms with Crippen LogP contribution in [0.2, 0.25) is 10.0 Å². The minimum Gasteiger partial charge on any atom is -0.508 e. The smallest absolute Gasteiger partial charge is 0.318 e. The zero-order valence-electron chi connectivity index (χ0n) is 16.0. The second-order valence-electron chi connectivity index (χ2n) is 7.10. The summed E-state index contributed by atoms with van der Waals surface area (Å²) in [7, 11) is 0. The minimum absolute atomic E-state index is 0.0570. The lowest BCUT2D eigenvalue weighted by Crippen LogP contribution is -2.44. The molecule has 1 fully saturated rings. The monoisotopic (exact) mass is 440 g/mol. The Bertz CT molecular complexity index is 875. The number of phenols is 1. The maximum absolute atomic E-state index is 13.9. The largest absolute Gasteiger partial charge is 0.508 e. The topological polar surface area (TPSA) is 61.8 Å². The summed E-state index contributed by atoms with van der Waals surface area (Å²) in [5.74, 6) is -0.480. The normalized spacial score (nSPS) is 17.2. The van der Waals surface area contributed by atoms with E-state index in [9.17, 15) is 14.3 Å². The molecule has 2 N–H and O–H groups in total. The third kappa shape index (κ3) is 5.53. The van der Waals surface area contributed by atoms with Crippen molar-refractivity contribution in [3.05, 3.63) is 63.4 Å². The molecule has 2 aromatic rings. The Hall–Kier alpha value is -2.02. The molecule has 1 aliphatic rings. The van der Waals surface area contributed by atoms with E-state index in [0.717, 1.165) is 12.8 Å². The van der Waals surface area contributed by atoms with Gasteiger partial charge in [-0.2, -0.15) is 0 Å². The van der Waals surface area contributed by atoms with E-state index >= 15 is 0 Å². The number of hydrogen-bond donors (Lipinski definition) is 2. The van der Waals surface area contributed by atoms with Crippen LogP contribution < -0.4 is 5.32 Å². The van der Waals surface area contributed by atoms with Gasteiger partial charge in [0, 0.05) is 23.7 Å². The second-order valence-corrected chi connectivity index (χ2v) is 7.92. The molecular formula is C21H23Cl2FN2O3. The molecule has 3 rings (SSSR count). The summed E-state index contributed by atoms with van der Waals surface area (Å²) in [5.41, 5.74) is 1.06. The fourth-order valence-corrected chi connectivity index (χ4v) is 3.87. The van der Waals surface area contributed by atoms with E-state index < -0.39 is 11.9 Å². The second kappa shape index (κ2) is 9.65. The van der Waals surface area contributed by atoms with Crippen LogP contribution in [-0.4, -0.2) is 35.3 Å². The number of benzene rings is 2. The fourth-order valence-electron chi connectivity index (χ4n) is 3.33. The van der Waals surface area contributed by atoms with Crippen LogP contribution >= 0.6 is 23.2 Å². The van der Waals surface area contributed by atoms with E-state index in [-0.39, 0.29) is 34.5 Å². The van der Waals surface area contributed by atoms with Crippen molar-refractivity contribution < 1.29 is 19.0 Å². The van der Waals surface area contributed by atoms with Crippen molar-refractivity contribution in [2.75, 3.05) is 13.2 Å². The van der Waals surface area contributed by atoms with Gasteiger partial charge in [-0.25, -0.2) is 9.18 Å². The minimum atomic E-state index is -0.599. The number of rotatable bonds is 6. The molecule has 8 heteroatoms. The van der Waals surface area contributed by atoms with Gasteiger partial charge in [0.15, 0.2) is 0 Å². The molecule has 5 nitrogen and oxygen atoms in total. The van der Waals surface area contributed by atoms with E-state index in [2.05, 4.69) is 5.32 Å². The number of halogens is 3. The summed E-state index contributed by atoms with van der Waals surface area (Å²) in [5, 5.41) is 13.1. The van der Waals surface area contributed by atoms with Gasteiger partial charge in [-0.3, -0.25) is 0 Å². The van der Waals surface area contributed by atoms with E-state index in [4.69, 9.17) is 27.9 Å². The molecule has 1 heterocycles. The Morgan fingerprint density at radius 1 is 1.34 bits per heavy atom. The number of amides is 2. The molecule has 29 heavy (non-hydrogen) atoms. The molecule has 2 amide bonds. The maximum Gasteiger partial charge on any atom is 0.318 e. The standard InChI is InChI=1S/C21H23Cl2FN2O3/c1-13(16-9-19(24)18(23)10-17(16)22)25-21(28)26(12-15-6-4-8-29-15)11-14-5-2-3-7-20(14)27/h2-3,5,7,9-10,13,15,27H,4,6,8,11-12H2,1H3,(H,25,28). The van der Waals surface area contributed by atoms with Gasteiger partial charge < -0.3 is 20.1 Å². The summed E-state index contributed by atoms with van der Waals surface area (Å²) in [6, 6.07) is 8.52. The lowest BCUT2D eigenvalue weighted by Gasteiger charge is -2.28. The van der Waals surface area contributed by atoms with Gasteiger partial charge in [0.25, 0.3) is 0 Å². The number of para-hydroxylation sites is 1. The molecule has 2 unspecified atom stereocenters. The number of carbonyl (C=O) groups is 1.